The number of likely N-dealkylation sites (N-methyl/N-ethyl adjacent to an activating group) is 1. The molecule has 1 fully saturated rings. The fourth-order valence-electron chi connectivity index (χ4n) is 3.81. The van der Waals surface area contributed by atoms with Crippen molar-refractivity contribution in [2.75, 3.05) is 42.9 Å². The predicted octanol–water partition coefficient (Wildman–Crippen LogP) is 4.06. The Morgan fingerprint density at radius 1 is 1.11 bits per heavy atom. The van der Waals surface area contributed by atoms with E-state index in [0.29, 0.717) is 0 Å². The first kappa shape index (κ1) is 19.6. The van der Waals surface area contributed by atoms with E-state index in [1.165, 1.54) is 5.56 Å². The van der Waals surface area contributed by atoms with Gasteiger partial charge in [0.1, 0.15) is 5.82 Å². The van der Waals surface area contributed by atoms with Gasteiger partial charge >= 0.3 is 0 Å². The molecule has 1 saturated heterocycles. The Morgan fingerprint density at radius 3 is 2.44 bits per heavy atom. The minimum absolute atomic E-state index is 0.0732. The molecule has 146 valence electrons. The Balaban J connectivity index is 1.80. The number of nitrogens with one attached hydrogen (secondary N) is 1. The minimum atomic E-state index is 0.0732. The highest BCUT2D eigenvalue weighted by molar-refractivity contribution is 5.95. The molecule has 1 aromatic carbocycles. The summed E-state index contributed by atoms with van der Waals surface area (Å²) in [6, 6.07) is 8.22. The van der Waals surface area contributed by atoms with E-state index in [1.807, 2.05) is 12.1 Å². The molecule has 0 unspecified atom stereocenters. The molecule has 0 aliphatic carbocycles. The van der Waals surface area contributed by atoms with Gasteiger partial charge in [-0.3, -0.25) is 4.79 Å². The van der Waals surface area contributed by atoms with Crippen molar-refractivity contribution in [2.45, 2.75) is 40.5 Å². The maximum Gasteiger partial charge on any atom is 0.227 e. The summed E-state index contributed by atoms with van der Waals surface area (Å²) < 4.78 is 0. The number of benzene rings is 1. The molecule has 27 heavy (non-hydrogen) atoms. The second-order valence-corrected chi connectivity index (χ2v) is 7.45. The number of hydrogen-bond acceptors (Lipinski definition) is 4. The summed E-state index contributed by atoms with van der Waals surface area (Å²) in [4.78, 5) is 22.1. The van der Waals surface area contributed by atoms with Crippen LogP contribution in [0.5, 0.6) is 0 Å². The quantitative estimate of drug-likeness (QED) is 0.835. The molecular formula is C22H32N4O. The Morgan fingerprint density at radius 2 is 1.81 bits per heavy atom. The number of pyridine rings is 1. The van der Waals surface area contributed by atoms with Crippen LogP contribution in [0.25, 0.3) is 10.9 Å². The van der Waals surface area contributed by atoms with Crippen LogP contribution in [-0.2, 0) is 4.79 Å². The second-order valence-electron chi connectivity index (χ2n) is 7.45. The molecule has 0 radical (unpaired) electrons. The molecule has 2 heterocycles. The number of carbonyl (C=O) groups excluding carboxylic acids is 1. The molecule has 5 heteroatoms. The van der Waals surface area contributed by atoms with Gasteiger partial charge in [0.25, 0.3) is 0 Å². The molecule has 1 aliphatic heterocycles. The highest BCUT2D eigenvalue weighted by Crippen LogP contribution is 2.26. The van der Waals surface area contributed by atoms with Gasteiger partial charge in [-0.2, -0.15) is 0 Å². The van der Waals surface area contributed by atoms with Gasteiger partial charge in [-0.25, -0.2) is 4.98 Å². The van der Waals surface area contributed by atoms with E-state index < -0.39 is 0 Å². The van der Waals surface area contributed by atoms with Crippen molar-refractivity contribution >= 4 is 28.3 Å². The van der Waals surface area contributed by atoms with Crippen LogP contribution >= 0.6 is 0 Å². The standard InChI is InChI=1S/C22H32N4O/c1-5-17(6-2)22(27)23-18-8-9-20-19(15-18)16(4)14-21(24-20)26-12-10-25(7-3)11-13-26/h8-9,14-15,17H,5-7,10-13H2,1-4H3,(H,23,27). The zero-order chi connectivity index (χ0) is 19.4. The lowest BCUT2D eigenvalue weighted by atomic mass is 10.0. The average molecular weight is 369 g/mol. The number of hydrogen-bond donors (Lipinski definition) is 1. The zero-order valence-corrected chi connectivity index (χ0v) is 17.1. The van der Waals surface area contributed by atoms with Crippen molar-refractivity contribution < 1.29 is 4.79 Å². The van der Waals surface area contributed by atoms with Crippen molar-refractivity contribution in [1.29, 1.82) is 0 Å². The van der Waals surface area contributed by atoms with E-state index >= 15 is 0 Å². The molecular weight excluding hydrogens is 336 g/mol. The number of carbonyl (C=O) groups is 1. The molecule has 1 aromatic heterocycles. The van der Waals surface area contributed by atoms with Crippen LogP contribution < -0.4 is 10.2 Å². The summed E-state index contributed by atoms with van der Waals surface area (Å²) in [5.41, 5.74) is 3.05. The van der Waals surface area contributed by atoms with E-state index in [2.05, 4.69) is 54.9 Å². The van der Waals surface area contributed by atoms with Gasteiger partial charge in [-0.15, -0.1) is 0 Å². The SMILES string of the molecule is CCC(CC)C(=O)Nc1ccc2nc(N3CCN(CC)CC3)cc(C)c2c1. The van der Waals surface area contributed by atoms with Gasteiger partial charge in [0, 0.05) is 43.2 Å². The number of rotatable bonds is 6. The normalized spacial score (nSPS) is 15.5. The third kappa shape index (κ3) is 4.41. The molecule has 1 amide bonds. The molecule has 0 saturated carbocycles. The second kappa shape index (κ2) is 8.70. The van der Waals surface area contributed by atoms with Crippen LogP contribution in [0.2, 0.25) is 0 Å². The molecule has 3 rings (SSSR count). The van der Waals surface area contributed by atoms with Crippen LogP contribution in [0.3, 0.4) is 0 Å². The lowest BCUT2D eigenvalue weighted by molar-refractivity contribution is -0.120. The molecule has 0 atom stereocenters. The summed E-state index contributed by atoms with van der Waals surface area (Å²) in [5.74, 6) is 1.24. The van der Waals surface area contributed by atoms with Crippen molar-refractivity contribution in [1.82, 2.24) is 9.88 Å². The van der Waals surface area contributed by atoms with E-state index in [4.69, 9.17) is 4.98 Å². The summed E-state index contributed by atoms with van der Waals surface area (Å²) in [6.45, 7) is 13.8. The zero-order valence-electron chi connectivity index (χ0n) is 17.1. The molecule has 0 bridgehead atoms. The molecule has 1 aliphatic rings. The lowest BCUT2D eigenvalue weighted by Gasteiger charge is -2.35. The fourth-order valence-corrected chi connectivity index (χ4v) is 3.81. The Hall–Kier alpha value is -2.14. The predicted molar refractivity (Wildman–Crippen MR) is 114 cm³/mol. The lowest BCUT2D eigenvalue weighted by Crippen LogP contribution is -2.46. The summed E-state index contributed by atoms with van der Waals surface area (Å²) in [5, 5.41) is 4.17. The highest BCUT2D eigenvalue weighted by atomic mass is 16.1. The summed E-state index contributed by atoms with van der Waals surface area (Å²) >= 11 is 0. The van der Waals surface area contributed by atoms with Crippen LogP contribution in [0, 0.1) is 12.8 Å². The number of nitrogens with zero attached hydrogens (tertiary/aromatic N) is 3. The number of aryl methyl sites for hydroxylation is 1. The first-order chi connectivity index (χ1) is 13.0. The smallest absolute Gasteiger partial charge is 0.227 e. The largest absolute Gasteiger partial charge is 0.354 e. The van der Waals surface area contributed by atoms with E-state index in [9.17, 15) is 4.79 Å². The van der Waals surface area contributed by atoms with E-state index in [0.717, 1.165) is 68.0 Å². The topological polar surface area (TPSA) is 48.5 Å². The van der Waals surface area contributed by atoms with Crippen LogP contribution in [0.4, 0.5) is 11.5 Å². The minimum Gasteiger partial charge on any atom is -0.354 e. The number of fused-ring (bicyclic) bond motifs is 1. The van der Waals surface area contributed by atoms with Crippen LogP contribution in [0.1, 0.15) is 39.2 Å². The van der Waals surface area contributed by atoms with Crippen molar-refractivity contribution in [2.24, 2.45) is 5.92 Å². The summed E-state index contributed by atoms with van der Waals surface area (Å²) in [6.07, 6.45) is 1.73. The maximum atomic E-state index is 12.4. The van der Waals surface area contributed by atoms with Gasteiger partial charge < -0.3 is 15.1 Å². The fraction of sp³-hybridized carbons (Fsp3) is 0.545. The third-order valence-electron chi connectivity index (χ3n) is 5.77. The van der Waals surface area contributed by atoms with Crippen molar-refractivity contribution in [3.8, 4) is 0 Å². The van der Waals surface area contributed by atoms with Gasteiger partial charge in [-0.05, 0) is 56.1 Å². The van der Waals surface area contributed by atoms with E-state index in [-0.39, 0.29) is 11.8 Å². The van der Waals surface area contributed by atoms with E-state index in [1.54, 1.807) is 0 Å². The van der Waals surface area contributed by atoms with Crippen molar-refractivity contribution in [3.05, 3.63) is 29.8 Å². The van der Waals surface area contributed by atoms with Gasteiger partial charge in [-0.1, -0.05) is 20.8 Å². The molecule has 0 spiro atoms. The number of piperazine rings is 1. The number of anilines is 2. The Labute approximate surface area is 162 Å². The van der Waals surface area contributed by atoms with Gasteiger partial charge in [0.2, 0.25) is 5.91 Å². The van der Waals surface area contributed by atoms with Crippen LogP contribution in [0.15, 0.2) is 24.3 Å². The maximum absolute atomic E-state index is 12.4. The average Bonchev–Trinajstić information content (AvgIpc) is 2.69. The van der Waals surface area contributed by atoms with Crippen molar-refractivity contribution in [3.63, 3.8) is 0 Å². The number of amides is 1. The molecule has 2 aromatic rings. The van der Waals surface area contributed by atoms with Gasteiger partial charge in [0.05, 0.1) is 5.52 Å². The monoisotopic (exact) mass is 368 g/mol. The Kier molecular flexibility index (Phi) is 6.32. The third-order valence-corrected chi connectivity index (χ3v) is 5.77. The number of aromatic nitrogens is 1. The molecule has 5 nitrogen and oxygen atoms in total. The first-order valence-corrected chi connectivity index (χ1v) is 10.2. The highest BCUT2D eigenvalue weighted by Gasteiger charge is 2.18. The summed E-state index contributed by atoms with van der Waals surface area (Å²) in [7, 11) is 0. The van der Waals surface area contributed by atoms with Gasteiger partial charge in [0.15, 0.2) is 0 Å². The van der Waals surface area contributed by atoms with Crippen LogP contribution in [-0.4, -0.2) is 48.5 Å². The first-order valence-electron chi connectivity index (χ1n) is 10.2. The Bertz CT molecular complexity index is 792. The molecule has 1 N–H and O–H groups in total.